The van der Waals surface area contributed by atoms with Crippen LogP contribution in [0, 0.1) is 0 Å². The quantitative estimate of drug-likeness (QED) is 0.621. The second kappa shape index (κ2) is 2.85. The number of H-pyrrole nitrogens is 1. The van der Waals surface area contributed by atoms with Crippen molar-refractivity contribution >= 4 is 37.7 Å². The van der Waals surface area contributed by atoms with Crippen LogP contribution in [-0.2, 0) is 0 Å². The van der Waals surface area contributed by atoms with Gasteiger partial charge >= 0.3 is 0 Å². The fourth-order valence-corrected chi connectivity index (χ4v) is 1.80. The third-order valence-electron chi connectivity index (χ3n) is 2.02. The summed E-state index contributed by atoms with van der Waals surface area (Å²) in [5, 5.41) is 0.403. The van der Waals surface area contributed by atoms with Crippen molar-refractivity contribution in [1.82, 2.24) is 4.98 Å². The van der Waals surface area contributed by atoms with Crippen LogP contribution >= 0.6 is 15.9 Å². The van der Waals surface area contributed by atoms with Crippen LogP contribution in [0.2, 0.25) is 0 Å². The van der Waals surface area contributed by atoms with Crippen LogP contribution in [0.4, 0.5) is 0 Å². The van der Waals surface area contributed by atoms with Crippen molar-refractivity contribution in [3.05, 3.63) is 46.8 Å². The first kappa shape index (κ1) is 3.70. The van der Waals surface area contributed by atoms with Crippen LogP contribution < -0.4 is 0 Å². The topological polar surface area (TPSA) is 15.8 Å². The van der Waals surface area contributed by atoms with Gasteiger partial charge in [-0.15, -0.1) is 0 Å². The molecule has 0 saturated heterocycles. The minimum absolute atomic E-state index is 0.158. The maximum Gasteiger partial charge on any atom is 0.0645 e. The molecule has 2 aromatic carbocycles. The summed E-state index contributed by atoms with van der Waals surface area (Å²) in [6.07, 6.45) is 0. The minimum atomic E-state index is -0.384. The second-order valence-corrected chi connectivity index (χ2v) is 3.61. The van der Waals surface area contributed by atoms with E-state index in [2.05, 4.69) is 20.9 Å². The van der Waals surface area contributed by atoms with E-state index < -0.39 is 0 Å². The lowest BCUT2D eigenvalue weighted by atomic mass is 10.2. The van der Waals surface area contributed by atoms with Crippen molar-refractivity contribution in [2.45, 2.75) is 0 Å². The number of benzene rings is 2. The summed E-state index contributed by atoms with van der Waals surface area (Å²) in [5.74, 6) is 0. The van der Waals surface area contributed by atoms with E-state index in [1.807, 2.05) is 0 Å². The number of hydrogen-bond donors (Lipinski definition) is 1. The number of rotatable bonds is 0. The highest BCUT2D eigenvalue weighted by molar-refractivity contribution is 9.10. The standard InChI is InChI=1S/C12H8BrN/c13-10-6-3-5-9-8-4-1-2-7-11(8)14-12(9)10/h1-7,14H/i1D,2D,3D,4D,5D,6D,7D. The summed E-state index contributed by atoms with van der Waals surface area (Å²) >= 11 is 3.19. The van der Waals surface area contributed by atoms with Crippen LogP contribution in [0.15, 0.2) is 46.8 Å². The van der Waals surface area contributed by atoms with Gasteiger partial charge in [0, 0.05) is 20.8 Å². The van der Waals surface area contributed by atoms with E-state index >= 15 is 0 Å². The van der Waals surface area contributed by atoms with Crippen LogP contribution in [-0.4, -0.2) is 4.98 Å². The summed E-state index contributed by atoms with van der Waals surface area (Å²) in [7, 11) is 0. The van der Waals surface area contributed by atoms with E-state index in [-0.39, 0.29) is 63.1 Å². The third-order valence-corrected chi connectivity index (χ3v) is 2.61. The molecule has 1 N–H and O–H groups in total. The van der Waals surface area contributed by atoms with E-state index in [9.17, 15) is 0 Å². The number of nitrogens with one attached hydrogen (secondary N) is 1. The molecule has 0 radical (unpaired) electrons. The molecule has 1 aromatic heterocycles. The van der Waals surface area contributed by atoms with Crippen molar-refractivity contribution < 1.29 is 9.60 Å². The zero-order valence-corrected chi connectivity index (χ0v) is 8.46. The molecule has 3 rings (SSSR count). The molecular formula is C12H8BrN. The zero-order chi connectivity index (χ0) is 15.6. The molecule has 0 aliphatic heterocycles. The van der Waals surface area contributed by atoms with Gasteiger partial charge in [0.15, 0.2) is 0 Å². The Hall–Kier alpha value is -1.28. The Morgan fingerprint density at radius 2 is 1.79 bits per heavy atom. The first-order valence-electron chi connectivity index (χ1n) is 7.44. The molecule has 0 unspecified atom stereocenters. The molecule has 0 spiro atoms. The molecule has 0 aliphatic rings. The maximum atomic E-state index is 8.01. The van der Waals surface area contributed by atoms with Gasteiger partial charge in [-0.05, 0) is 28.0 Å². The number of halogens is 1. The van der Waals surface area contributed by atoms with E-state index in [0.29, 0.717) is 5.52 Å². The van der Waals surface area contributed by atoms with Crippen molar-refractivity contribution in [2.24, 2.45) is 0 Å². The molecule has 3 aromatic rings. The van der Waals surface area contributed by atoms with E-state index in [1.165, 1.54) is 0 Å². The van der Waals surface area contributed by atoms with Gasteiger partial charge in [0.1, 0.15) is 0 Å². The number of para-hydroxylation sites is 2. The Morgan fingerprint density at radius 3 is 2.71 bits per heavy atom. The fraction of sp³-hybridized carbons (Fsp3) is 0. The Kier molecular flexibility index (Phi) is 0.755. The molecular weight excluding hydrogens is 238 g/mol. The van der Waals surface area contributed by atoms with Gasteiger partial charge < -0.3 is 4.98 Å². The second-order valence-electron chi connectivity index (χ2n) is 2.81. The molecule has 1 heterocycles. The number of hydrogen-bond acceptors (Lipinski definition) is 0. The number of fused-ring (bicyclic) bond motifs is 3. The summed E-state index contributed by atoms with van der Waals surface area (Å²) < 4.78 is 55.2. The molecule has 0 bridgehead atoms. The van der Waals surface area contributed by atoms with Crippen molar-refractivity contribution in [3.63, 3.8) is 0 Å². The molecule has 0 aliphatic carbocycles. The van der Waals surface area contributed by atoms with Crippen molar-refractivity contribution in [2.75, 3.05) is 0 Å². The first-order valence-corrected chi connectivity index (χ1v) is 4.73. The Bertz CT molecular complexity index is 857. The van der Waals surface area contributed by atoms with E-state index in [0.717, 1.165) is 0 Å². The molecule has 0 atom stereocenters. The predicted molar refractivity (Wildman–Crippen MR) is 63.5 cm³/mol. The lowest BCUT2D eigenvalue weighted by Crippen LogP contribution is -1.68. The Labute approximate surface area is 99.7 Å². The van der Waals surface area contributed by atoms with Crippen LogP contribution in [0.5, 0.6) is 0 Å². The van der Waals surface area contributed by atoms with Crippen molar-refractivity contribution in [1.29, 1.82) is 0 Å². The van der Waals surface area contributed by atoms with Crippen LogP contribution in [0.1, 0.15) is 9.60 Å². The fourth-order valence-electron chi connectivity index (χ4n) is 1.41. The smallest absolute Gasteiger partial charge is 0.0645 e. The van der Waals surface area contributed by atoms with Gasteiger partial charge in [-0.25, -0.2) is 0 Å². The van der Waals surface area contributed by atoms with Crippen LogP contribution in [0.25, 0.3) is 21.8 Å². The van der Waals surface area contributed by atoms with Gasteiger partial charge in [-0.2, -0.15) is 0 Å². The first-order chi connectivity index (χ1) is 9.77. The summed E-state index contributed by atoms with van der Waals surface area (Å²) in [6.45, 7) is 0. The number of aromatic nitrogens is 1. The minimum Gasteiger partial charge on any atom is -0.354 e. The average molecular weight is 253 g/mol. The normalized spacial score (nSPS) is 18.2. The lowest BCUT2D eigenvalue weighted by Gasteiger charge is -1.92. The molecule has 0 saturated carbocycles. The largest absolute Gasteiger partial charge is 0.354 e. The molecule has 1 nitrogen and oxygen atoms in total. The van der Waals surface area contributed by atoms with Gasteiger partial charge in [0.2, 0.25) is 0 Å². The SMILES string of the molecule is [2H]c1c([2H])c([2H])c2c([nH]c3c(Br)c([2H])c([2H])c([2H])c32)c1[2H]. The molecule has 2 heteroatoms. The van der Waals surface area contributed by atoms with Gasteiger partial charge in [-0.1, -0.05) is 30.2 Å². The average Bonchev–Trinajstić information content (AvgIpc) is 2.87. The molecule has 0 fully saturated rings. The lowest BCUT2D eigenvalue weighted by molar-refractivity contribution is 1.53. The van der Waals surface area contributed by atoms with Gasteiger partial charge in [0.05, 0.1) is 15.1 Å². The predicted octanol–water partition coefficient (Wildman–Crippen LogP) is 4.08. The van der Waals surface area contributed by atoms with Crippen molar-refractivity contribution in [3.8, 4) is 0 Å². The Balaban J connectivity index is 2.73. The highest BCUT2D eigenvalue weighted by Gasteiger charge is 2.04. The van der Waals surface area contributed by atoms with Gasteiger partial charge in [0.25, 0.3) is 0 Å². The third kappa shape index (κ3) is 1.01. The Morgan fingerprint density at radius 1 is 1.00 bits per heavy atom. The summed E-state index contributed by atoms with van der Waals surface area (Å²) in [6, 6.07) is -1.91. The highest BCUT2D eigenvalue weighted by atomic mass is 79.9. The summed E-state index contributed by atoms with van der Waals surface area (Å²) in [5.41, 5.74) is 0.512. The molecule has 0 amide bonds. The van der Waals surface area contributed by atoms with E-state index in [4.69, 9.17) is 9.60 Å². The zero-order valence-electron chi connectivity index (χ0n) is 13.9. The van der Waals surface area contributed by atoms with Crippen LogP contribution in [0.3, 0.4) is 0 Å². The molecule has 68 valence electrons. The maximum absolute atomic E-state index is 8.01. The highest BCUT2D eigenvalue weighted by Crippen LogP contribution is 2.29. The molecule has 14 heavy (non-hydrogen) atoms. The number of aromatic amines is 1. The monoisotopic (exact) mass is 252 g/mol. The summed E-state index contributed by atoms with van der Waals surface area (Å²) in [4.78, 5) is 2.85. The van der Waals surface area contributed by atoms with E-state index in [1.54, 1.807) is 0 Å². The van der Waals surface area contributed by atoms with Gasteiger partial charge in [-0.3, -0.25) is 0 Å².